The minimum Gasteiger partial charge on any atom is -0.281 e. The van der Waals surface area contributed by atoms with Crippen LogP contribution in [0.1, 0.15) is 19.5 Å². The number of pyridine rings is 1. The summed E-state index contributed by atoms with van der Waals surface area (Å²) in [5.74, 6) is 0. The van der Waals surface area contributed by atoms with E-state index in [1.54, 1.807) is 6.33 Å². The average molecular weight is 424 g/mol. The van der Waals surface area contributed by atoms with Crippen LogP contribution in [0.5, 0.6) is 0 Å². The van der Waals surface area contributed by atoms with Crippen molar-refractivity contribution < 1.29 is 0 Å². The zero-order valence-electron chi connectivity index (χ0n) is 16.0. The van der Waals surface area contributed by atoms with Crippen molar-refractivity contribution in [3.05, 3.63) is 61.2 Å². The zero-order valence-corrected chi connectivity index (χ0v) is 18.4. The Kier molecular flexibility index (Phi) is 4.09. The first kappa shape index (κ1) is 17.9. The van der Waals surface area contributed by atoms with E-state index in [1.807, 2.05) is 34.8 Å². The van der Waals surface area contributed by atoms with Gasteiger partial charge in [0, 0.05) is 41.0 Å². The maximum absolute atomic E-state index is 6.35. The van der Waals surface area contributed by atoms with Crippen LogP contribution in [0.3, 0.4) is 0 Å². The molecule has 140 valence electrons. The lowest BCUT2D eigenvalue weighted by molar-refractivity contribution is 1.11. The molecule has 0 unspecified atom stereocenters. The smallest absolute Gasteiger partial charge is 0.169 e. The quantitative estimate of drug-likeness (QED) is 0.300. The van der Waals surface area contributed by atoms with E-state index in [0.29, 0.717) is 5.02 Å². The molecule has 0 atom stereocenters. The van der Waals surface area contributed by atoms with Crippen LogP contribution in [0, 0.1) is 27.7 Å². The molecule has 0 N–H and O–H groups in total. The number of aromatic nitrogens is 3. The molecule has 0 amide bonds. The van der Waals surface area contributed by atoms with E-state index in [1.165, 1.54) is 36.2 Å². The molecule has 6 heteroatoms. The Balaban J connectivity index is 2.06. The number of nitrogens with zero attached hydrogens (tertiary/aromatic N) is 3. The van der Waals surface area contributed by atoms with E-state index in [4.69, 9.17) is 11.6 Å². The Labute approximate surface area is 176 Å². The number of hydrogen-bond donors (Lipinski definition) is 0. The topological polar surface area (TPSA) is 30.2 Å². The summed E-state index contributed by atoms with van der Waals surface area (Å²) in [5.41, 5.74) is 6.76. The average Bonchev–Trinajstić information content (AvgIpc) is 3.33. The second kappa shape index (κ2) is 6.41. The fourth-order valence-corrected chi connectivity index (χ4v) is 6.06. The molecule has 1 aromatic carbocycles. The standard InChI is InChI=1S/C22H18ClN3S2/c1-11-7-17(13(3)27-11)20-16-6-5-15(23)9-19(16)26-10-24-25-22(26)21(20)18-8-12(2)28-14(18)4/h5-10H,1-4H3. The lowest BCUT2D eigenvalue weighted by atomic mass is 9.92. The highest BCUT2D eigenvalue weighted by Crippen LogP contribution is 2.46. The molecule has 28 heavy (non-hydrogen) atoms. The first-order valence-corrected chi connectivity index (χ1v) is 11.0. The maximum Gasteiger partial charge on any atom is 0.169 e. The molecule has 4 aromatic heterocycles. The predicted octanol–water partition coefficient (Wildman–Crippen LogP) is 7.23. The van der Waals surface area contributed by atoms with Gasteiger partial charge in [-0.25, -0.2) is 0 Å². The van der Waals surface area contributed by atoms with Crippen molar-refractivity contribution in [2.24, 2.45) is 0 Å². The Morgan fingerprint density at radius 3 is 2.11 bits per heavy atom. The van der Waals surface area contributed by atoms with Gasteiger partial charge in [-0.2, -0.15) is 0 Å². The number of fused-ring (bicyclic) bond motifs is 3. The summed E-state index contributed by atoms with van der Waals surface area (Å²) in [6.07, 6.45) is 1.78. The van der Waals surface area contributed by atoms with Gasteiger partial charge in [-0.1, -0.05) is 17.7 Å². The van der Waals surface area contributed by atoms with Crippen LogP contribution >= 0.6 is 34.3 Å². The summed E-state index contributed by atoms with van der Waals surface area (Å²) >= 11 is 10.0. The van der Waals surface area contributed by atoms with E-state index in [9.17, 15) is 0 Å². The molecule has 0 radical (unpaired) electrons. The van der Waals surface area contributed by atoms with Gasteiger partial charge in [0.25, 0.3) is 0 Å². The fraction of sp³-hybridized carbons (Fsp3) is 0.182. The van der Waals surface area contributed by atoms with Crippen LogP contribution < -0.4 is 0 Å². The highest BCUT2D eigenvalue weighted by molar-refractivity contribution is 7.12. The number of rotatable bonds is 2. The van der Waals surface area contributed by atoms with E-state index >= 15 is 0 Å². The molecule has 4 heterocycles. The first-order valence-electron chi connectivity index (χ1n) is 9.04. The number of benzene rings is 1. The SMILES string of the molecule is Cc1cc(-c2c(-c3cc(C)sc3C)c3nncn3c3cc(Cl)ccc23)c(C)s1. The highest BCUT2D eigenvalue weighted by Gasteiger charge is 2.23. The van der Waals surface area contributed by atoms with E-state index in [-0.39, 0.29) is 0 Å². The summed E-state index contributed by atoms with van der Waals surface area (Å²) in [7, 11) is 0. The Bertz CT molecular complexity index is 1370. The second-order valence-corrected chi connectivity index (χ2v) is 10.4. The van der Waals surface area contributed by atoms with Crippen LogP contribution in [-0.2, 0) is 0 Å². The zero-order chi connectivity index (χ0) is 19.6. The van der Waals surface area contributed by atoms with Gasteiger partial charge in [0.15, 0.2) is 5.65 Å². The summed E-state index contributed by atoms with van der Waals surface area (Å²) in [6.45, 7) is 8.69. The summed E-state index contributed by atoms with van der Waals surface area (Å²) in [5, 5.41) is 10.6. The summed E-state index contributed by atoms with van der Waals surface area (Å²) in [6, 6.07) is 10.6. The third kappa shape index (κ3) is 2.61. The van der Waals surface area contributed by atoms with E-state index in [0.717, 1.165) is 22.1 Å². The van der Waals surface area contributed by atoms with E-state index < -0.39 is 0 Å². The molecule has 5 rings (SSSR count). The fourth-order valence-electron chi connectivity index (χ4n) is 4.04. The van der Waals surface area contributed by atoms with Gasteiger partial charge >= 0.3 is 0 Å². The molecule has 0 saturated heterocycles. The van der Waals surface area contributed by atoms with Crippen LogP contribution in [-0.4, -0.2) is 14.6 Å². The normalized spacial score (nSPS) is 11.8. The second-order valence-electron chi connectivity index (χ2n) is 7.09. The van der Waals surface area contributed by atoms with E-state index in [2.05, 4.69) is 60.5 Å². The third-order valence-electron chi connectivity index (χ3n) is 5.13. The van der Waals surface area contributed by atoms with Gasteiger partial charge in [-0.15, -0.1) is 32.9 Å². The Morgan fingerprint density at radius 1 is 0.857 bits per heavy atom. The van der Waals surface area contributed by atoms with Crippen molar-refractivity contribution in [1.82, 2.24) is 14.6 Å². The van der Waals surface area contributed by atoms with Gasteiger partial charge in [0.2, 0.25) is 0 Å². The molecule has 0 aliphatic heterocycles. The number of aryl methyl sites for hydroxylation is 4. The van der Waals surface area contributed by atoms with Crippen molar-refractivity contribution >= 4 is 50.8 Å². The maximum atomic E-state index is 6.35. The van der Waals surface area contributed by atoms with Gasteiger partial charge in [-0.05, 0) is 63.1 Å². The first-order chi connectivity index (χ1) is 13.4. The Hall–Kier alpha value is -2.21. The Morgan fingerprint density at radius 2 is 1.50 bits per heavy atom. The van der Waals surface area contributed by atoms with Crippen molar-refractivity contribution in [1.29, 1.82) is 0 Å². The number of hydrogen-bond acceptors (Lipinski definition) is 4. The predicted molar refractivity (Wildman–Crippen MR) is 121 cm³/mol. The number of thiophene rings is 2. The molecular weight excluding hydrogens is 406 g/mol. The minimum atomic E-state index is 0.710. The number of halogens is 1. The molecule has 0 fully saturated rings. The van der Waals surface area contributed by atoms with Crippen LogP contribution in [0.25, 0.3) is 38.8 Å². The lowest BCUT2D eigenvalue weighted by Gasteiger charge is -2.16. The van der Waals surface area contributed by atoms with Crippen molar-refractivity contribution in [3.63, 3.8) is 0 Å². The molecule has 0 aliphatic rings. The third-order valence-corrected chi connectivity index (χ3v) is 7.30. The summed E-state index contributed by atoms with van der Waals surface area (Å²) < 4.78 is 2.06. The lowest BCUT2D eigenvalue weighted by Crippen LogP contribution is -1.97. The van der Waals surface area contributed by atoms with Crippen molar-refractivity contribution in [3.8, 4) is 22.3 Å². The highest BCUT2D eigenvalue weighted by atomic mass is 35.5. The molecule has 0 bridgehead atoms. The molecule has 3 nitrogen and oxygen atoms in total. The van der Waals surface area contributed by atoms with Gasteiger partial charge < -0.3 is 0 Å². The van der Waals surface area contributed by atoms with Crippen LogP contribution in [0.2, 0.25) is 5.02 Å². The van der Waals surface area contributed by atoms with Gasteiger partial charge in [0.1, 0.15) is 6.33 Å². The molecule has 5 aromatic rings. The van der Waals surface area contributed by atoms with Crippen molar-refractivity contribution in [2.75, 3.05) is 0 Å². The van der Waals surface area contributed by atoms with Gasteiger partial charge in [-0.3, -0.25) is 4.40 Å². The van der Waals surface area contributed by atoms with Crippen molar-refractivity contribution in [2.45, 2.75) is 27.7 Å². The van der Waals surface area contributed by atoms with Crippen LogP contribution in [0.4, 0.5) is 0 Å². The molecule has 0 aliphatic carbocycles. The molecule has 0 saturated carbocycles. The monoisotopic (exact) mass is 423 g/mol. The molecular formula is C22H18ClN3S2. The van der Waals surface area contributed by atoms with Gasteiger partial charge in [0.05, 0.1) is 5.52 Å². The largest absolute Gasteiger partial charge is 0.281 e. The summed E-state index contributed by atoms with van der Waals surface area (Å²) in [4.78, 5) is 5.20. The minimum absolute atomic E-state index is 0.710. The molecule has 0 spiro atoms. The van der Waals surface area contributed by atoms with Crippen LogP contribution in [0.15, 0.2) is 36.7 Å².